The number of alkyl carbamates (subject to hydrolysis) is 1. The van der Waals surface area contributed by atoms with E-state index in [1.807, 2.05) is 57.2 Å². The van der Waals surface area contributed by atoms with E-state index >= 15 is 0 Å². The predicted octanol–water partition coefficient (Wildman–Crippen LogP) is 5.87. The van der Waals surface area contributed by atoms with Crippen LogP contribution in [-0.4, -0.2) is 43.5 Å². The molecule has 1 heterocycles. The molecule has 0 atom stereocenters. The van der Waals surface area contributed by atoms with E-state index < -0.39 is 6.09 Å². The van der Waals surface area contributed by atoms with Crippen LogP contribution in [-0.2, 0) is 11.3 Å². The van der Waals surface area contributed by atoms with E-state index in [1.54, 1.807) is 18.4 Å². The fourth-order valence-corrected chi connectivity index (χ4v) is 4.23. The van der Waals surface area contributed by atoms with Crippen molar-refractivity contribution in [3.63, 3.8) is 0 Å². The minimum Gasteiger partial charge on any atom is -0.493 e. The monoisotopic (exact) mass is 485 g/mol. The molecule has 0 aliphatic heterocycles. The second kappa shape index (κ2) is 11.4. The number of rotatable bonds is 10. The normalized spacial score (nSPS) is 11.5. The number of nitrogens with one attached hydrogen (secondary N) is 1. The standard InChI is InChI=1S/C26H35N3O4S/c1-18(2)17-33-21-12-11-19(15-22(21)31-6)16-29(13-14-32-25(30)28-26(3,4)5)24-27-20-9-7-8-10-23(20)34-24/h7-12,15,18H,13-14,16-17H2,1-6H3,(H,28,30). The highest BCUT2D eigenvalue weighted by atomic mass is 32.1. The van der Waals surface area contributed by atoms with Crippen LogP contribution in [0.5, 0.6) is 11.5 Å². The van der Waals surface area contributed by atoms with Crippen LogP contribution in [0.15, 0.2) is 42.5 Å². The topological polar surface area (TPSA) is 72.9 Å². The fraction of sp³-hybridized carbons (Fsp3) is 0.462. The van der Waals surface area contributed by atoms with E-state index in [2.05, 4.69) is 30.1 Å². The average molecular weight is 486 g/mol. The van der Waals surface area contributed by atoms with Gasteiger partial charge in [0.05, 0.1) is 30.5 Å². The third-order valence-electron chi connectivity index (χ3n) is 4.80. The van der Waals surface area contributed by atoms with Gasteiger partial charge in [0.15, 0.2) is 16.6 Å². The maximum Gasteiger partial charge on any atom is 0.407 e. The molecule has 2 aromatic carbocycles. The number of para-hydroxylation sites is 1. The maximum atomic E-state index is 12.1. The van der Waals surface area contributed by atoms with Crippen LogP contribution >= 0.6 is 11.3 Å². The zero-order valence-electron chi connectivity index (χ0n) is 20.9. The Labute approximate surface area is 206 Å². The first-order valence-electron chi connectivity index (χ1n) is 11.5. The van der Waals surface area contributed by atoms with E-state index in [0.717, 1.165) is 26.7 Å². The highest BCUT2D eigenvalue weighted by molar-refractivity contribution is 7.22. The minimum absolute atomic E-state index is 0.241. The molecular weight excluding hydrogens is 450 g/mol. The Hall–Kier alpha value is -3.00. The lowest BCUT2D eigenvalue weighted by Crippen LogP contribution is -2.41. The van der Waals surface area contributed by atoms with Crippen LogP contribution in [0.2, 0.25) is 0 Å². The molecule has 0 spiro atoms. The van der Waals surface area contributed by atoms with Crippen molar-refractivity contribution < 1.29 is 19.0 Å². The van der Waals surface area contributed by atoms with E-state index in [-0.39, 0.29) is 12.1 Å². The van der Waals surface area contributed by atoms with Crippen LogP contribution in [0.25, 0.3) is 10.2 Å². The van der Waals surface area contributed by atoms with E-state index in [1.165, 1.54) is 0 Å². The molecule has 3 aromatic rings. The number of aromatic nitrogens is 1. The summed E-state index contributed by atoms with van der Waals surface area (Å²) in [6, 6.07) is 14.0. The van der Waals surface area contributed by atoms with Crippen molar-refractivity contribution in [2.75, 3.05) is 31.8 Å². The molecule has 1 aromatic heterocycles. The molecule has 0 unspecified atom stereocenters. The summed E-state index contributed by atoms with van der Waals surface area (Å²) in [6.07, 6.45) is -0.426. The largest absolute Gasteiger partial charge is 0.493 e. The molecule has 0 saturated carbocycles. The number of thiazole rings is 1. The molecule has 0 aliphatic carbocycles. The predicted molar refractivity (Wildman–Crippen MR) is 138 cm³/mol. The maximum absolute atomic E-state index is 12.1. The van der Waals surface area contributed by atoms with E-state index in [9.17, 15) is 4.79 Å². The lowest BCUT2D eigenvalue weighted by molar-refractivity contribution is 0.140. The van der Waals surface area contributed by atoms with Crippen LogP contribution in [0.1, 0.15) is 40.2 Å². The van der Waals surface area contributed by atoms with Crippen molar-refractivity contribution in [3.8, 4) is 11.5 Å². The van der Waals surface area contributed by atoms with Crippen molar-refractivity contribution in [2.45, 2.75) is 46.7 Å². The summed E-state index contributed by atoms with van der Waals surface area (Å²) in [7, 11) is 1.65. The molecule has 0 saturated heterocycles. The van der Waals surface area contributed by atoms with Gasteiger partial charge in [0.1, 0.15) is 6.61 Å². The molecule has 1 N–H and O–H groups in total. The van der Waals surface area contributed by atoms with Gasteiger partial charge in [0.2, 0.25) is 0 Å². The minimum atomic E-state index is -0.426. The number of carbonyl (C=O) groups is 1. The fourth-order valence-electron chi connectivity index (χ4n) is 3.23. The molecule has 8 heteroatoms. The molecule has 0 aliphatic rings. The number of benzene rings is 2. The first kappa shape index (κ1) is 25.6. The molecular formula is C26H35N3O4S. The zero-order chi connectivity index (χ0) is 24.7. The number of carbonyl (C=O) groups excluding carboxylic acids is 1. The van der Waals surface area contributed by atoms with Gasteiger partial charge in [-0.3, -0.25) is 0 Å². The summed E-state index contributed by atoms with van der Waals surface area (Å²) in [5.74, 6) is 1.85. The van der Waals surface area contributed by atoms with Gasteiger partial charge in [-0.25, -0.2) is 9.78 Å². The number of nitrogens with zero attached hydrogens (tertiary/aromatic N) is 2. The summed E-state index contributed by atoms with van der Waals surface area (Å²) in [6.45, 7) is 11.9. The Morgan fingerprint density at radius 3 is 2.59 bits per heavy atom. The summed E-state index contributed by atoms with van der Waals surface area (Å²) in [4.78, 5) is 19.0. The van der Waals surface area contributed by atoms with Gasteiger partial charge in [-0.05, 0) is 56.5 Å². The van der Waals surface area contributed by atoms with Gasteiger partial charge in [-0.1, -0.05) is 43.4 Å². The lowest BCUT2D eigenvalue weighted by Gasteiger charge is -2.24. The smallest absolute Gasteiger partial charge is 0.407 e. The molecule has 3 rings (SSSR count). The highest BCUT2D eigenvalue weighted by Crippen LogP contribution is 2.32. The Morgan fingerprint density at radius 1 is 1.15 bits per heavy atom. The van der Waals surface area contributed by atoms with Crippen LogP contribution < -0.4 is 19.7 Å². The number of methoxy groups -OCH3 is 1. The molecule has 1 amide bonds. The SMILES string of the molecule is COc1cc(CN(CCOC(=O)NC(C)(C)C)c2nc3ccccc3s2)ccc1OCC(C)C. The molecule has 7 nitrogen and oxygen atoms in total. The average Bonchev–Trinajstić information content (AvgIpc) is 3.20. The quantitative estimate of drug-likeness (QED) is 0.387. The second-order valence-electron chi connectivity index (χ2n) is 9.59. The van der Waals surface area contributed by atoms with Crippen molar-refractivity contribution in [1.82, 2.24) is 10.3 Å². The van der Waals surface area contributed by atoms with Crippen LogP contribution in [0.3, 0.4) is 0 Å². The first-order valence-corrected chi connectivity index (χ1v) is 12.3. The van der Waals surface area contributed by atoms with Crippen molar-refractivity contribution >= 4 is 32.8 Å². The molecule has 0 fully saturated rings. The number of fused-ring (bicyclic) bond motifs is 1. The lowest BCUT2D eigenvalue weighted by atomic mass is 10.1. The number of amides is 1. The highest BCUT2D eigenvalue weighted by Gasteiger charge is 2.18. The number of hydrogen-bond donors (Lipinski definition) is 1. The van der Waals surface area contributed by atoms with Crippen LogP contribution in [0, 0.1) is 5.92 Å². The van der Waals surface area contributed by atoms with Gasteiger partial charge >= 0.3 is 6.09 Å². The molecule has 184 valence electrons. The van der Waals surface area contributed by atoms with Gasteiger partial charge < -0.3 is 24.4 Å². The molecule has 34 heavy (non-hydrogen) atoms. The van der Waals surface area contributed by atoms with Gasteiger partial charge in [0, 0.05) is 12.1 Å². The Morgan fingerprint density at radius 2 is 1.91 bits per heavy atom. The van der Waals surface area contributed by atoms with Crippen molar-refractivity contribution in [3.05, 3.63) is 48.0 Å². The number of hydrogen-bond acceptors (Lipinski definition) is 7. The molecule has 0 radical (unpaired) electrons. The third kappa shape index (κ3) is 7.52. The Balaban J connectivity index is 1.77. The third-order valence-corrected chi connectivity index (χ3v) is 5.90. The van der Waals surface area contributed by atoms with E-state index in [4.69, 9.17) is 19.2 Å². The zero-order valence-corrected chi connectivity index (χ0v) is 21.7. The summed E-state index contributed by atoms with van der Waals surface area (Å²) in [5, 5.41) is 3.70. The van der Waals surface area contributed by atoms with Crippen LogP contribution in [0.4, 0.5) is 9.93 Å². The van der Waals surface area contributed by atoms with Crippen molar-refractivity contribution in [2.24, 2.45) is 5.92 Å². The van der Waals surface area contributed by atoms with Crippen molar-refractivity contribution in [1.29, 1.82) is 0 Å². The van der Waals surface area contributed by atoms with Gasteiger partial charge in [0.25, 0.3) is 0 Å². The van der Waals surface area contributed by atoms with Gasteiger partial charge in [-0.15, -0.1) is 0 Å². The first-order chi connectivity index (χ1) is 16.1. The summed E-state index contributed by atoms with van der Waals surface area (Å²) < 4.78 is 18.0. The second-order valence-corrected chi connectivity index (χ2v) is 10.6. The summed E-state index contributed by atoms with van der Waals surface area (Å²) in [5.41, 5.74) is 1.65. The molecule has 0 bridgehead atoms. The number of ether oxygens (including phenoxy) is 3. The van der Waals surface area contributed by atoms with Gasteiger partial charge in [-0.2, -0.15) is 0 Å². The Kier molecular flexibility index (Phi) is 8.61. The number of anilines is 1. The van der Waals surface area contributed by atoms with E-state index in [0.29, 0.717) is 31.4 Å². The Bertz CT molecular complexity index is 1060. The summed E-state index contributed by atoms with van der Waals surface area (Å²) >= 11 is 1.62.